The Morgan fingerprint density at radius 2 is 1.92 bits per heavy atom. The van der Waals surface area contributed by atoms with Crippen LogP contribution in [0.1, 0.15) is 66.4 Å². The van der Waals surface area contributed by atoms with Crippen LogP contribution in [0.2, 0.25) is 0 Å². The fraction of sp³-hybridized carbons (Fsp3) is 0.424. The van der Waals surface area contributed by atoms with E-state index in [0.717, 1.165) is 48.6 Å². The lowest BCUT2D eigenvalue weighted by Gasteiger charge is -2.24. The average Bonchev–Trinajstić information content (AvgIpc) is 3.45. The van der Waals surface area contributed by atoms with Gasteiger partial charge in [-0.25, -0.2) is 4.39 Å². The number of likely N-dealkylation sites (tertiary alicyclic amines) is 1. The van der Waals surface area contributed by atoms with E-state index < -0.39 is 5.92 Å². The number of hydrogen-bond acceptors (Lipinski definition) is 4. The van der Waals surface area contributed by atoms with Crippen LogP contribution in [-0.4, -0.2) is 48.5 Å². The van der Waals surface area contributed by atoms with Crippen molar-refractivity contribution >= 4 is 23.1 Å². The number of benzene rings is 2. The fourth-order valence-electron chi connectivity index (χ4n) is 5.92. The second-order valence-electron chi connectivity index (χ2n) is 11.1. The highest BCUT2D eigenvalue weighted by Crippen LogP contribution is 2.40. The maximum absolute atomic E-state index is 14.0. The van der Waals surface area contributed by atoms with Gasteiger partial charge in [0.25, 0.3) is 5.91 Å². The van der Waals surface area contributed by atoms with E-state index in [1.807, 2.05) is 61.5 Å². The van der Waals surface area contributed by atoms with E-state index in [1.165, 1.54) is 18.9 Å². The lowest BCUT2D eigenvalue weighted by atomic mass is 9.78. The predicted molar refractivity (Wildman–Crippen MR) is 154 cm³/mol. The van der Waals surface area contributed by atoms with Crippen LogP contribution in [0.3, 0.4) is 0 Å². The van der Waals surface area contributed by atoms with Gasteiger partial charge in [-0.3, -0.25) is 14.6 Å². The molecule has 1 N–H and O–H groups in total. The molecule has 1 amide bonds. The summed E-state index contributed by atoms with van der Waals surface area (Å²) >= 11 is 0. The van der Waals surface area contributed by atoms with Crippen molar-refractivity contribution in [1.29, 1.82) is 0 Å². The van der Waals surface area contributed by atoms with Crippen LogP contribution in [-0.2, 0) is 11.2 Å². The lowest BCUT2D eigenvalue weighted by molar-refractivity contribution is -0.122. The number of ketones is 1. The number of carbonyl (C=O) groups excluding carboxylic acids is 2. The number of rotatable bonds is 9. The third kappa shape index (κ3) is 6.80. The number of amides is 1. The Hall–Kier alpha value is -3.38. The van der Waals surface area contributed by atoms with Crippen LogP contribution in [0.4, 0.5) is 10.1 Å². The molecule has 0 spiro atoms. The van der Waals surface area contributed by atoms with Crippen LogP contribution >= 0.6 is 0 Å². The van der Waals surface area contributed by atoms with Crippen LogP contribution in [0.25, 0.3) is 0 Å². The van der Waals surface area contributed by atoms with Gasteiger partial charge in [0.15, 0.2) is 0 Å². The Labute approximate surface area is 230 Å². The van der Waals surface area contributed by atoms with E-state index in [9.17, 15) is 14.0 Å². The first-order valence-corrected chi connectivity index (χ1v) is 14.3. The summed E-state index contributed by atoms with van der Waals surface area (Å²) in [5, 5.41) is 3.06. The summed E-state index contributed by atoms with van der Waals surface area (Å²) < 4.78 is 13.6. The highest BCUT2D eigenvalue weighted by atomic mass is 19.1. The predicted octanol–water partition coefficient (Wildman–Crippen LogP) is 6.34. The van der Waals surface area contributed by atoms with E-state index >= 15 is 0 Å². The molecule has 39 heavy (non-hydrogen) atoms. The van der Waals surface area contributed by atoms with Crippen molar-refractivity contribution in [2.24, 2.45) is 16.8 Å². The molecule has 5 nitrogen and oxygen atoms in total. The molecule has 3 aliphatic rings. The minimum absolute atomic E-state index is 0.0530. The van der Waals surface area contributed by atoms with Crippen molar-refractivity contribution in [3.63, 3.8) is 0 Å². The maximum atomic E-state index is 14.0. The summed E-state index contributed by atoms with van der Waals surface area (Å²) in [6.45, 7) is 5.86. The highest BCUT2D eigenvalue weighted by molar-refractivity contribution is 6.10. The zero-order valence-corrected chi connectivity index (χ0v) is 22.7. The summed E-state index contributed by atoms with van der Waals surface area (Å²) in [4.78, 5) is 34.5. The van der Waals surface area contributed by atoms with Crippen LogP contribution in [0.5, 0.6) is 0 Å². The summed E-state index contributed by atoms with van der Waals surface area (Å²) in [5.74, 6) is -0.972. The van der Waals surface area contributed by atoms with Crippen molar-refractivity contribution in [2.45, 2.75) is 51.4 Å². The molecule has 0 saturated carbocycles. The number of fused-ring (bicyclic) bond motifs is 1. The normalized spacial score (nSPS) is 23.1. The Kier molecular flexibility index (Phi) is 8.82. The molecular formula is C33H38FN3O2. The molecule has 204 valence electrons. The quantitative estimate of drug-likeness (QED) is 0.387. The first kappa shape index (κ1) is 27.2. The smallest absolute Gasteiger partial charge is 0.251 e. The van der Waals surface area contributed by atoms with Gasteiger partial charge in [-0.2, -0.15) is 0 Å². The molecule has 1 fully saturated rings. The van der Waals surface area contributed by atoms with Gasteiger partial charge in [0.05, 0.1) is 11.6 Å². The molecule has 5 rings (SSSR count). The number of hydrogen-bond donors (Lipinski definition) is 1. The number of carbonyl (C=O) groups is 2. The Bertz CT molecular complexity index is 1280. The summed E-state index contributed by atoms with van der Waals surface area (Å²) in [7, 11) is 0. The summed E-state index contributed by atoms with van der Waals surface area (Å²) in [6.07, 6.45) is 10.1. The standard InChI is InChI=1S/C33H38FN3O2/c1-23-31(21-24-8-3-2-4-9-24)36-30-15-12-26(33(39)35-16-7-19-37-17-5-6-18-37)22-28(30)29(32(23)38)20-25-10-13-27(34)14-11-25/h2-4,8-10,12-15,22-23,25,29H,5-7,11,16-21H2,1H3,(H,35,39). The number of nitrogens with one attached hydrogen (secondary N) is 1. The van der Waals surface area contributed by atoms with Crippen molar-refractivity contribution in [3.05, 3.63) is 89.3 Å². The average molecular weight is 528 g/mol. The molecule has 0 bridgehead atoms. The van der Waals surface area contributed by atoms with Gasteiger partial charge in [-0.05, 0) is 99.1 Å². The largest absolute Gasteiger partial charge is 0.352 e. The second-order valence-corrected chi connectivity index (χ2v) is 11.1. The molecular weight excluding hydrogens is 489 g/mol. The van der Waals surface area contributed by atoms with E-state index in [0.29, 0.717) is 31.4 Å². The highest BCUT2D eigenvalue weighted by Gasteiger charge is 2.35. The third-order valence-corrected chi connectivity index (χ3v) is 8.24. The summed E-state index contributed by atoms with van der Waals surface area (Å²) in [6, 6.07) is 15.6. The zero-order valence-electron chi connectivity index (χ0n) is 22.7. The molecule has 1 saturated heterocycles. The van der Waals surface area contributed by atoms with E-state index in [4.69, 9.17) is 4.99 Å². The molecule has 0 radical (unpaired) electrons. The number of aliphatic imine (C=N–C) groups is 1. The van der Waals surface area contributed by atoms with Crippen LogP contribution in [0.15, 0.2) is 77.6 Å². The fourth-order valence-corrected chi connectivity index (χ4v) is 5.92. The minimum atomic E-state index is -0.417. The Morgan fingerprint density at radius 1 is 1.13 bits per heavy atom. The first-order valence-electron chi connectivity index (χ1n) is 14.3. The number of allylic oxidation sites excluding steroid dienone is 4. The zero-order chi connectivity index (χ0) is 27.2. The molecule has 3 atom stereocenters. The molecule has 3 unspecified atom stereocenters. The maximum Gasteiger partial charge on any atom is 0.251 e. The van der Waals surface area contributed by atoms with Crippen molar-refractivity contribution in [1.82, 2.24) is 10.2 Å². The molecule has 6 heteroatoms. The topological polar surface area (TPSA) is 61.8 Å². The van der Waals surface area contributed by atoms with Gasteiger partial charge in [0.2, 0.25) is 0 Å². The van der Waals surface area contributed by atoms with Gasteiger partial charge < -0.3 is 10.2 Å². The Morgan fingerprint density at radius 3 is 2.67 bits per heavy atom. The first-order chi connectivity index (χ1) is 19.0. The third-order valence-electron chi connectivity index (χ3n) is 8.24. The van der Waals surface area contributed by atoms with E-state index in [1.54, 1.807) is 6.08 Å². The van der Waals surface area contributed by atoms with Gasteiger partial charge in [-0.1, -0.05) is 43.3 Å². The number of halogens is 1. The monoisotopic (exact) mass is 527 g/mol. The summed E-state index contributed by atoms with van der Waals surface area (Å²) in [5.41, 5.74) is 4.03. The van der Waals surface area contributed by atoms with Crippen molar-refractivity contribution in [3.8, 4) is 0 Å². The van der Waals surface area contributed by atoms with Gasteiger partial charge in [-0.15, -0.1) is 0 Å². The lowest BCUT2D eigenvalue weighted by Crippen LogP contribution is -2.29. The van der Waals surface area contributed by atoms with Crippen molar-refractivity contribution < 1.29 is 14.0 Å². The molecule has 2 heterocycles. The van der Waals surface area contributed by atoms with Crippen LogP contribution < -0.4 is 5.32 Å². The molecule has 2 aromatic carbocycles. The van der Waals surface area contributed by atoms with Gasteiger partial charge in [0.1, 0.15) is 11.6 Å². The second kappa shape index (κ2) is 12.6. The van der Waals surface area contributed by atoms with Gasteiger partial charge >= 0.3 is 0 Å². The Balaban J connectivity index is 1.38. The van der Waals surface area contributed by atoms with Crippen LogP contribution in [0, 0.1) is 11.8 Å². The van der Waals surface area contributed by atoms with E-state index in [2.05, 4.69) is 10.2 Å². The number of nitrogens with zero attached hydrogens (tertiary/aromatic N) is 2. The number of Topliss-reactive ketones (excluding diaryl/α,β-unsaturated/α-hetero) is 1. The SMILES string of the molecule is CC1C(=O)C(CC2C=CC(F)=CC2)c2cc(C(=O)NCCCN3CCCC3)ccc2N=C1Cc1ccccc1. The van der Waals surface area contributed by atoms with E-state index in [-0.39, 0.29) is 29.4 Å². The van der Waals surface area contributed by atoms with Gasteiger partial charge in [0, 0.05) is 30.2 Å². The molecule has 2 aromatic rings. The molecule has 2 aliphatic heterocycles. The minimum Gasteiger partial charge on any atom is -0.352 e. The van der Waals surface area contributed by atoms with Crippen molar-refractivity contribution in [2.75, 3.05) is 26.2 Å². The molecule has 1 aliphatic carbocycles. The molecule has 0 aromatic heterocycles.